The summed E-state index contributed by atoms with van der Waals surface area (Å²) in [6.45, 7) is 2.11. The van der Waals surface area contributed by atoms with Gasteiger partial charge < -0.3 is 4.74 Å². The number of pyridine rings is 1. The van der Waals surface area contributed by atoms with Crippen molar-refractivity contribution >= 4 is 15.9 Å². The van der Waals surface area contributed by atoms with Gasteiger partial charge in [-0.3, -0.25) is 4.90 Å². The third-order valence-electron chi connectivity index (χ3n) is 3.34. The highest BCUT2D eigenvalue weighted by Crippen LogP contribution is 2.23. The molecule has 2 rings (SSSR count). The molecule has 1 aromatic heterocycles. The maximum atomic E-state index is 5.31. The van der Waals surface area contributed by atoms with Crippen molar-refractivity contribution in [2.45, 2.75) is 31.8 Å². The molecule has 0 aromatic carbocycles. The molecule has 0 aliphatic carbocycles. The number of rotatable bonds is 4. The van der Waals surface area contributed by atoms with E-state index >= 15 is 0 Å². The first-order valence-corrected chi connectivity index (χ1v) is 7.25. The number of ether oxygens (including phenoxy) is 1. The van der Waals surface area contributed by atoms with Crippen LogP contribution in [0.4, 0.5) is 0 Å². The summed E-state index contributed by atoms with van der Waals surface area (Å²) in [4.78, 5) is 6.78. The number of alkyl halides is 1. The first-order valence-electron chi connectivity index (χ1n) is 6.13. The van der Waals surface area contributed by atoms with Crippen LogP contribution in [-0.2, 0) is 6.54 Å². The van der Waals surface area contributed by atoms with Gasteiger partial charge in [0.25, 0.3) is 0 Å². The molecule has 2 heterocycles. The molecule has 0 amide bonds. The fourth-order valence-electron chi connectivity index (χ4n) is 2.39. The number of nitrogens with zero attached hydrogens (tertiary/aromatic N) is 2. The number of halogens is 1. The molecule has 94 valence electrons. The molecule has 0 bridgehead atoms. The molecule has 17 heavy (non-hydrogen) atoms. The monoisotopic (exact) mass is 298 g/mol. The van der Waals surface area contributed by atoms with Crippen molar-refractivity contribution in [3.63, 3.8) is 0 Å². The van der Waals surface area contributed by atoms with Crippen molar-refractivity contribution in [2.75, 3.05) is 19.0 Å². The van der Waals surface area contributed by atoms with Crippen LogP contribution in [0.25, 0.3) is 0 Å². The molecule has 1 aliphatic heterocycles. The van der Waals surface area contributed by atoms with Crippen LogP contribution in [0.15, 0.2) is 18.3 Å². The van der Waals surface area contributed by atoms with Crippen LogP contribution >= 0.6 is 15.9 Å². The van der Waals surface area contributed by atoms with Gasteiger partial charge in [0.15, 0.2) is 0 Å². The predicted octanol–water partition coefficient (Wildman–Crippen LogP) is 2.84. The summed E-state index contributed by atoms with van der Waals surface area (Å²) in [7, 11) is 1.68. The molecular weight excluding hydrogens is 280 g/mol. The maximum absolute atomic E-state index is 5.31. The number of aromatic nitrogens is 1. The van der Waals surface area contributed by atoms with Crippen LogP contribution in [0.2, 0.25) is 0 Å². The minimum absolute atomic E-state index is 0.647. The Morgan fingerprint density at radius 2 is 2.41 bits per heavy atom. The van der Waals surface area contributed by atoms with E-state index in [1.165, 1.54) is 31.4 Å². The van der Waals surface area contributed by atoms with Gasteiger partial charge in [-0.2, -0.15) is 0 Å². The molecule has 0 spiro atoms. The standard InChI is InChI=1S/C13H19BrN2O/c1-17-13-11(5-4-7-15-13)10-16-8-3-2-6-12(16)9-14/h4-5,7,12H,2-3,6,8-10H2,1H3. The number of hydrogen-bond acceptors (Lipinski definition) is 3. The van der Waals surface area contributed by atoms with E-state index in [2.05, 4.69) is 31.9 Å². The molecule has 4 heteroatoms. The van der Waals surface area contributed by atoms with Crippen molar-refractivity contribution < 1.29 is 4.74 Å². The average molecular weight is 299 g/mol. The summed E-state index contributed by atoms with van der Waals surface area (Å²) in [6.07, 6.45) is 5.71. The van der Waals surface area contributed by atoms with Crippen LogP contribution in [-0.4, -0.2) is 34.9 Å². The highest BCUT2D eigenvalue weighted by Gasteiger charge is 2.22. The van der Waals surface area contributed by atoms with E-state index in [1.807, 2.05) is 6.07 Å². The largest absolute Gasteiger partial charge is 0.481 e. The summed E-state index contributed by atoms with van der Waals surface area (Å²) in [6, 6.07) is 4.73. The van der Waals surface area contributed by atoms with Crippen LogP contribution in [0.1, 0.15) is 24.8 Å². The number of hydrogen-bond donors (Lipinski definition) is 0. The van der Waals surface area contributed by atoms with Crippen molar-refractivity contribution in [1.29, 1.82) is 0 Å². The Morgan fingerprint density at radius 3 is 3.18 bits per heavy atom. The van der Waals surface area contributed by atoms with Gasteiger partial charge in [0.1, 0.15) is 0 Å². The zero-order chi connectivity index (χ0) is 12.1. The molecule has 3 nitrogen and oxygen atoms in total. The zero-order valence-electron chi connectivity index (χ0n) is 10.2. The summed E-state index contributed by atoms with van der Waals surface area (Å²) in [5.41, 5.74) is 1.18. The lowest BCUT2D eigenvalue weighted by molar-refractivity contribution is 0.154. The fraction of sp³-hybridized carbons (Fsp3) is 0.615. The van der Waals surface area contributed by atoms with E-state index in [0.717, 1.165) is 17.8 Å². The SMILES string of the molecule is COc1ncccc1CN1CCCCC1CBr. The quantitative estimate of drug-likeness (QED) is 0.799. The number of methoxy groups -OCH3 is 1. The predicted molar refractivity (Wildman–Crippen MR) is 72.6 cm³/mol. The first-order chi connectivity index (χ1) is 8.35. The normalized spacial score (nSPS) is 21.4. The third-order valence-corrected chi connectivity index (χ3v) is 4.09. The van der Waals surface area contributed by atoms with Crippen molar-refractivity contribution in [3.8, 4) is 5.88 Å². The second-order valence-corrected chi connectivity index (χ2v) is 5.09. The Morgan fingerprint density at radius 1 is 1.53 bits per heavy atom. The topological polar surface area (TPSA) is 25.4 Å². The summed E-state index contributed by atoms with van der Waals surface area (Å²) < 4.78 is 5.31. The molecule has 1 saturated heterocycles. The van der Waals surface area contributed by atoms with Crippen LogP contribution in [0, 0.1) is 0 Å². The summed E-state index contributed by atoms with van der Waals surface area (Å²) >= 11 is 3.61. The fourth-order valence-corrected chi connectivity index (χ4v) is 3.12. The van der Waals surface area contributed by atoms with E-state index in [9.17, 15) is 0 Å². The lowest BCUT2D eigenvalue weighted by atomic mass is 10.0. The highest BCUT2D eigenvalue weighted by atomic mass is 79.9. The molecule has 0 saturated carbocycles. The Hall–Kier alpha value is -0.610. The zero-order valence-corrected chi connectivity index (χ0v) is 11.8. The molecule has 1 fully saturated rings. The molecule has 1 aromatic rings. The summed E-state index contributed by atoms with van der Waals surface area (Å²) in [5.74, 6) is 0.756. The van der Waals surface area contributed by atoms with Gasteiger partial charge in [-0.1, -0.05) is 28.4 Å². The van der Waals surface area contributed by atoms with E-state index in [1.54, 1.807) is 13.3 Å². The lowest BCUT2D eigenvalue weighted by Crippen LogP contribution is -2.40. The summed E-state index contributed by atoms with van der Waals surface area (Å²) in [5, 5.41) is 1.05. The van der Waals surface area contributed by atoms with Crippen molar-refractivity contribution in [1.82, 2.24) is 9.88 Å². The van der Waals surface area contributed by atoms with Gasteiger partial charge >= 0.3 is 0 Å². The smallest absolute Gasteiger partial charge is 0.217 e. The van der Waals surface area contributed by atoms with E-state index < -0.39 is 0 Å². The number of likely N-dealkylation sites (tertiary alicyclic amines) is 1. The molecule has 1 unspecified atom stereocenters. The Bertz CT molecular complexity index is 359. The molecule has 1 atom stereocenters. The Balaban J connectivity index is 2.08. The molecule has 0 radical (unpaired) electrons. The van der Waals surface area contributed by atoms with Crippen molar-refractivity contribution in [3.05, 3.63) is 23.9 Å². The first kappa shape index (κ1) is 12.8. The van der Waals surface area contributed by atoms with E-state index in [0.29, 0.717) is 6.04 Å². The molecular formula is C13H19BrN2O. The van der Waals surface area contributed by atoms with Crippen molar-refractivity contribution in [2.24, 2.45) is 0 Å². The van der Waals surface area contributed by atoms with Gasteiger partial charge in [0.2, 0.25) is 5.88 Å². The number of piperidine rings is 1. The van der Waals surface area contributed by atoms with Gasteiger partial charge in [-0.05, 0) is 25.5 Å². The van der Waals surface area contributed by atoms with Gasteiger partial charge in [-0.25, -0.2) is 4.98 Å². The van der Waals surface area contributed by atoms with Gasteiger partial charge in [-0.15, -0.1) is 0 Å². The average Bonchev–Trinajstić information content (AvgIpc) is 2.40. The van der Waals surface area contributed by atoms with Crippen LogP contribution in [0.5, 0.6) is 5.88 Å². The van der Waals surface area contributed by atoms with Crippen LogP contribution in [0.3, 0.4) is 0 Å². The van der Waals surface area contributed by atoms with Gasteiger partial charge in [0.05, 0.1) is 7.11 Å². The second-order valence-electron chi connectivity index (χ2n) is 4.45. The Kier molecular flexibility index (Phi) is 4.80. The van der Waals surface area contributed by atoms with Gasteiger partial charge in [0, 0.05) is 29.7 Å². The minimum Gasteiger partial charge on any atom is -0.481 e. The second kappa shape index (κ2) is 6.36. The van der Waals surface area contributed by atoms with E-state index in [4.69, 9.17) is 4.74 Å². The van der Waals surface area contributed by atoms with Crippen LogP contribution < -0.4 is 4.74 Å². The third kappa shape index (κ3) is 3.19. The lowest BCUT2D eigenvalue weighted by Gasteiger charge is -2.34. The Labute approximate surface area is 111 Å². The highest BCUT2D eigenvalue weighted by molar-refractivity contribution is 9.09. The molecule has 1 aliphatic rings. The molecule has 0 N–H and O–H groups in total. The van der Waals surface area contributed by atoms with E-state index in [-0.39, 0.29) is 0 Å². The minimum atomic E-state index is 0.647. The maximum Gasteiger partial charge on any atom is 0.217 e.